The molecule has 2 aromatic rings. The summed E-state index contributed by atoms with van der Waals surface area (Å²) in [4.78, 5) is 16.7. The molecule has 2 aromatic heterocycles. The number of hydrogen-bond donors (Lipinski definition) is 2. The normalized spacial score (nSPS) is 15.6. The first-order valence-electron chi connectivity index (χ1n) is 7.42. The van der Waals surface area contributed by atoms with Crippen LogP contribution in [0.2, 0.25) is 0 Å². The van der Waals surface area contributed by atoms with Gasteiger partial charge in [0, 0.05) is 23.2 Å². The Morgan fingerprint density at radius 3 is 2.77 bits per heavy atom. The standard InChI is InChI=1S/C15H20N4O2S/c1-8-7-22-14(17-8)13(11-4-5-11)18-15(20)16-6-12-9(2)19-21-10(12)3/h7,11,13H,4-6H2,1-3H3,(H2,16,18,20). The van der Waals surface area contributed by atoms with Crippen LogP contribution in [0.1, 0.15) is 46.6 Å². The number of thiazole rings is 1. The van der Waals surface area contributed by atoms with Crippen LogP contribution in [0, 0.1) is 26.7 Å². The van der Waals surface area contributed by atoms with Crippen LogP contribution < -0.4 is 10.6 Å². The molecule has 1 aliphatic rings. The molecule has 0 saturated heterocycles. The second kappa shape index (κ2) is 6.08. The molecule has 0 spiro atoms. The number of aromatic nitrogens is 2. The second-order valence-corrected chi connectivity index (χ2v) is 6.66. The highest BCUT2D eigenvalue weighted by Gasteiger charge is 2.35. The van der Waals surface area contributed by atoms with Gasteiger partial charge in [-0.25, -0.2) is 9.78 Å². The van der Waals surface area contributed by atoms with Crippen molar-refractivity contribution >= 4 is 17.4 Å². The van der Waals surface area contributed by atoms with Crippen molar-refractivity contribution in [1.82, 2.24) is 20.8 Å². The third-order valence-corrected chi connectivity index (χ3v) is 4.94. The Bertz CT molecular complexity index is 655. The number of nitrogens with one attached hydrogen (secondary N) is 2. The van der Waals surface area contributed by atoms with E-state index in [9.17, 15) is 4.79 Å². The summed E-state index contributed by atoms with van der Waals surface area (Å²) in [5.41, 5.74) is 2.75. The number of amides is 2. The molecule has 22 heavy (non-hydrogen) atoms. The Balaban J connectivity index is 1.60. The maximum Gasteiger partial charge on any atom is 0.315 e. The lowest BCUT2D eigenvalue weighted by atomic mass is 10.2. The number of aryl methyl sites for hydroxylation is 3. The van der Waals surface area contributed by atoms with Gasteiger partial charge in [-0.15, -0.1) is 11.3 Å². The molecule has 1 atom stereocenters. The van der Waals surface area contributed by atoms with Gasteiger partial charge in [-0.2, -0.15) is 0 Å². The van der Waals surface area contributed by atoms with Crippen LogP contribution in [-0.2, 0) is 6.54 Å². The van der Waals surface area contributed by atoms with Crippen LogP contribution in [0.3, 0.4) is 0 Å². The lowest BCUT2D eigenvalue weighted by Crippen LogP contribution is -2.38. The van der Waals surface area contributed by atoms with Gasteiger partial charge in [0.1, 0.15) is 10.8 Å². The molecule has 6 nitrogen and oxygen atoms in total. The molecule has 3 rings (SSSR count). The zero-order chi connectivity index (χ0) is 15.7. The lowest BCUT2D eigenvalue weighted by Gasteiger charge is -2.16. The highest BCUT2D eigenvalue weighted by molar-refractivity contribution is 7.09. The highest BCUT2D eigenvalue weighted by atomic mass is 32.1. The lowest BCUT2D eigenvalue weighted by molar-refractivity contribution is 0.235. The first-order chi connectivity index (χ1) is 10.5. The molecule has 0 aromatic carbocycles. The predicted molar refractivity (Wildman–Crippen MR) is 83.7 cm³/mol. The van der Waals surface area contributed by atoms with E-state index in [1.165, 1.54) is 0 Å². The Kier molecular flexibility index (Phi) is 4.15. The molecule has 0 aliphatic heterocycles. The third-order valence-electron chi connectivity index (χ3n) is 3.89. The maximum atomic E-state index is 12.2. The summed E-state index contributed by atoms with van der Waals surface area (Å²) in [6, 6.07) is -0.159. The summed E-state index contributed by atoms with van der Waals surface area (Å²) in [7, 11) is 0. The summed E-state index contributed by atoms with van der Waals surface area (Å²) >= 11 is 1.61. The van der Waals surface area contributed by atoms with Gasteiger partial charge in [0.05, 0.1) is 11.7 Å². The summed E-state index contributed by atoms with van der Waals surface area (Å²) in [6.45, 7) is 6.11. The van der Waals surface area contributed by atoms with Crippen LogP contribution in [0.25, 0.3) is 0 Å². The molecule has 2 N–H and O–H groups in total. The average molecular weight is 320 g/mol. The van der Waals surface area contributed by atoms with Crippen molar-refractivity contribution in [2.45, 2.75) is 46.2 Å². The van der Waals surface area contributed by atoms with Gasteiger partial charge in [-0.05, 0) is 39.5 Å². The van der Waals surface area contributed by atoms with E-state index in [1.54, 1.807) is 11.3 Å². The van der Waals surface area contributed by atoms with Crippen molar-refractivity contribution in [2.24, 2.45) is 5.92 Å². The van der Waals surface area contributed by atoms with E-state index >= 15 is 0 Å². The molecule has 1 saturated carbocycles. The predicted octanol–water partition coefficient (Wildman–Crippen LogP) is 3.01. The van der Waals surface area contributed by atoms with E-state index in [2.05, 4.69) is 20.8 Å². The van der Waals surface area contributed by atoms with Crippen LogP contribution in [-0.4, -0.2) is 16.2 Å². The van der Waals surface area contributed by atoms with Gasteiger partial charge in [0.25, 0.3) is 0 Å². The minimum Gasteiger partial charge on any atom is -0.361 e. The molecule has 118 valence electrons. The summed E-state index contributed by atoms with van der Waals surface area (Å²) in [6.07, 6.45) is 2.29. The first kappa shape index (κ1) is 15.0. The molecular formula is C15H20N4O2S. The number of nitrogens with zero attached hydrogens (tertiary/aromatic N) is 2. The van der Waals surface area contributed by atoms with Crippen LogP contribution in [0.5, 0.6) is 0 Å². The van der Waals surface area contributed by atoms with E-state index in [4.69, 9.17) is 4.52 Å². The summed E-state index contributed by atoms with van der Waals surface area (Å²) in [5, 5.41) is 12.8. The minimum atomic E-state index is -0.176. The van der Waals surface area contributed by atoms with Crippen LogP contribution >= 0.6 is 11.3 Å². The Morgan fingerprint density at radius 1 is 1.45 bits per heavy atom. The van der Waals surface area contributed by atoms with E-state index in [0.29, 0.717) is 12.5 Å². The van der Waals surface area contributed by atoms with Gasteiger partial charge in [-0.3, -0.25) is 0 Å². The van der Waals surface area contributed by atoms with E-state index < -0.39 is 0 Å². The van der Waals surface area contributed by atoms with Crippen molar-refractivity contribution in [3.8, 4) is 0 Å². The molecule has 2 heterocycles. The zero-order valence-electron chi connectivity index (χ0n) is 13.0. The average Bonchev–Trinajstić information content (AvgIpc) is 3.16. The highest BCUT2D eigenvalue weighted by Crippen LogP contribution is 2.41. The fourth-order valence-electron chi connectivity index (χ4n) is 2.44. The molecule has 1 aliphatic carbocycles. The smallest absolute Gasteiger partial charge is 0.315 e. The molecule has 1 unspecified atom stereocenters. The Hall–Kier alpha value is -1.89. The zero-order valence-corrected chi connectivity index (χ0v) is 13.8. The van der Waals surface area contributed by atoms with Gasteiger partial charge >= 0.3 is 6.03 Å². The van der Waals surface area contributed by atoms with Crippen LogP contribution in [0.4, 0.5) is 4.79 Å². The van der Waals surface area contributed by atoms with Gasteiger partial charge in [0.15, 0.2) is 0 Å². The SMILES string of the molecule is Cc1csc(C(NC(=O)NCc2c(C)noc2C)C2CC2)n1. The van der Waals surface area contributed by atoms with E-state index in [0.717, 1.165) is 40.6 Å². The van der Waals surface area contributed by atoms with Crippen molar-refractivity contribution in [2.75, 3.05) is 0 Å². The maximum absolute atomic E-state index is 12.2. The largest absolute Gasteiger partial charge is 0.361 e. The van der Waals surface area contributed by atoms with Crippen molar-refractivity contribution in [1.29, 1.82) is 0 Å². The van der Waals surface area contributed by atoms with Crippen molar-refractivity contribution in [3.05, 3.63) is 33.1 Å². The molecular weight excluding hydrogens is 300 g/mol. The van der Waals surface area contributed by atoms with Gasteiger partial charge in [-0.1, -0.05) is 5.16 Å². The quantitative estimate of drug-likeness (QED) is 0.887. The van der Waals surface area contributed by atoms with Crippen LogP contribution in [0.15, 0.2) is 9.90 Å². The molecule has 7 heteroatoms. The number of rotatable bonds is 5. The molecule has 2 amide bonds. The number of carbonyl (C=O) groups excluding carboxylic acids is 1. The summed E-state index contributed by atoms with van der Waals surface area (Å²) in [5.74, 6) is 1.25. The van der Waals surface area contributed by atoms with E-state index in [1.807, 2.05) is 26.2 Å². The van der Waals surface area contributed by atoms with Gasteiger partial charge in [0.2, 0.25) is 0 Å². The topological polar surface area (TPSA) is 80.0 Å². The Labute approximate surface area is 133 Å². The van der Waals surface area contributed by atoms with Gasteiger partial charge < -0.3 is 15.2 Å². The number of hydrogen-bond acceptors (Lipinski definition) is 5. The number of urea groups is 1. The van der Waals surface area contributed by atoms with Crippen molar-refractivity contribution < 1.29 is 9.32 Å². The Morgan fingerprint density at radius 2 is 2.23 bits per heavy atom. The fraction of sp³-hybridized carbons (Fsp3) is 0.533. The minimum absolute atomic E-state index is 0.0170. The summed E-state index contributed by atoms with van der Waals surface area (Å²) < 4.78 is 5.10. The fourth-order valence-corrected chi connectivity index (χ4v) is 3.38. The third kappa shape index (κ3) is 3.30. The molecule has 0 bridgehead atoms. The van der Waals surface area contributed by atoms with Crippen molar-refractivity contribution in [3.63, 3.8) is 0 Å². The molecule has 0 radical (unpaired) electrons. The van der Waals surface area contributed by atoms with E-state index in [-0.39, 0.29) is 12.1 Å². The molecule has 1 fully saturated rings. The monoisotopic (exact) mass is 320 g/mol. The first-order valence-corrected chi connectivity index (χ1v) is 8.30. The number of carbonyl (C=O) groups is 1. The second-order valence-electron chi connectivity index (χ2n) is 5.77.